The minimum atomic E-state index is -1.08. The van der Waals surface area contributed by atoms with Gasteiger partial charge in [0.05, 0.1) is 5.75 Å². The highest BCUT2D eigenvalue weighted by molar-refractivity contribution is 8.14. The van der Waals surface area contributed by atoms with Gasteiger partial charge in [-0.2, -0.15) is 0 Å². The monoisotopic (exact) mass is 267 g/mol. The summed E-state index contributed by atoms with van der Waals surface area (Å²) in [5, 5.41) is 8.32. The van der Waals surface area contributed by atoms with Crippen LogP contribution in [0, 0.1) is 0 Å². The van der Waals surface area contributed by atoms with Crippen molar-refractivity contribution in [2.24, 2.45) is 0 Å². The number of aliphatic carboxylic acids is 1. The quantitative estimate of drug-likeness (QED) is 0.864. The third-order valence-electron chi connectivity index (χ3n) is 2.13. The Kier molecular flexibility index (Phi) is 5.38. The lowest BCUT2D eigenvalue weighted by molar-refractivity contribution is -0.142. The first kappa shape index (κ1) is 14.2. The van der Waals surface area contributed by atoms with E-state index in [4.69, 9.17) is 5.11 Å². The Morgan fingerprint density at radius 3 is 2.39 bits per heavy atom. The lowest BCUT2D eigenvalue weighted by Gasteiger charge is -2.13. The summed E-state index contributed by atoms with van der Waals surface area (Å²) < 4.78 is 0. The fourth-order valence-corrected chi connectivity index (χ4v) is 1.96. The van der Waals surface area contributed by atoms with Crippen molar-refractivity contribution in [2.75, 3.05) is 19.3 Å². The Balaban J connectivity index is 2.44. The Morgan fingerprint density at radius 2 is 1.83 bits per heavy atom. The van der Waals surface area contributed by atoms with Crippen molar-refractivity contribution < 1.29 is 19.5 Å². The van der Waals surface area contributed by atoms with Gasteiger partial charge in [-0.3, -0.25) is 14.4 Å². The molecule has 1 N–H and O–H groups in total. The minimum Gasteiger partial charge on any atom is -0.480 e. The van der Waals surface area contributed by atoms with E-state index in [9.17, 15) is 14.4 Å². The van der Waals surface area contributed by atoms with E-state index < -0.39 is 5.97 Å². The van der Waals surface area contributed by atoms with Crippen LogP contribution in [0.2, 0.25) is 0 Å². The van der Waals surface area contributed by atoms with E-state index in [-0.39, 0.29) is 23.3 Å². The maximum atomic E-state index is 11.7. The summed E-state index contributed by atoms with van der Waals surface area (Å²) in [7, 11) is 1.39. The van der Waals surface area contributed by atoms with Crippen LogP contribution in [0.4, 0.5) is 0 Å². The molecular weight excluding hydrogens is 254 g/mol. The third kappa shape index (κ3) is 4.58. The van der Waals surface area contributed by atoms with Gasteiger partial charge in [0.15, 0.2) is 0 Å². The smallest absolute Gasteiger partial charge is 0.323 e. The molecule has 0 unspecified atom stereocenters. The van der Waals surface area contributed by atoms with E-state index in [1.807, 2.05) is 0 Å². The van der Waals surface area contributed by atoms with Crippen LogP contribution in [0.25, 0.3) is 0 Å². The molecule has 18 heavy (non-hydrogen) atoms. The highest BCUT2D eigenvalue weighted by atomic mass is 32.2. The zero-order chi connectivity index (χ0) is 13.5. The van der Waals surface area contributed by atoms with Gasteiger partial charge in [0, 0.05) is 12.6 Å². The van der Waals surface area contributed by atoms with Crippen LogP contribution in [0.15, 0.2) is 30.3 Å². The highest BCUT2D eigenvalue weighted by Gasteiger charge is 2.14. The summed E-state index contributed by atoms with van der Waals surface area (Å²) in [6.07, 6.45) is 0. The lowest BCUT2D eigenvalue weighted by atomic mass is 10.2. The lowest BCUT2D eigenvalue weighted by Crippen LogP contribution is -2.33. The van der Waals surface area contributed by atoms with Crippen LogP contribution in [0.5, 0.6) is 0 Å². The highest BCUT2D eigenvalue weighted by Crippen LogP contribution is 2.12. The predicted molar refractivity (Wildman–Crippen MR) is 68.5 cm³/mol. The number of carboxylic acid groups (broad SMARTS) is 1. The van der Waals surface area contributed by atoms with Crippen molar-refractivity contribution in [1.82, 2.24) is 4.90 Å². The molecule has 0 aromatic heterocycles. The second-order valence-corrected chi connectivity index (χ2v) is 4.53. The third-order valence-corrected chi connectivity index (χ3v) is 3.02. The zero-order valence-electron chi connectivity index (χ0n) is 9.83. The van der Waals surface area contributed by atoms with Crippen molar-refractivity contribution in [1.29, 1.82) is 0 Å². The van der Waals surface area contributed by atoms with Gasteiger partial charge >= 0.3 is 5.97 Å². The van der Waals surface area contributed by atoms with E-state index in [1.165, 1.54) is 7.05 Å². The van der Waals surface area contributed by atoms with Crippen molar-refractivity contribution in [3.8, 4) is 0 Å². The molecular formula is C12H13NO4S. The van der Waals surface area contributed by atoms with E-state index in [0.29, 0.717) is 5.56 Å². The zero-order valence-corrected chi connectivity index (χ0v) is 10.6. The molecule has 0 radical (unpaired) electrons. The molecule has 0 bridgehead atoms. The number of nitrogens with zero attached hydrogens (tertiary/aromatic N) is 1. The molecule has 5 nitrogen and oxygen atoms in total. The standard InChI is InChI=1S/C12H13NO4S/c1-13(7-11(15)16)10(14)8-18-12(17)9-5-3-2-4-6-9/h2-6H,7-8H2,1H3,(H,15,16). The predicted octanol–water partition coefficient (Wildman–Crippen LogP) is 1.10. The molecule has 0 spiro atoms. The minimum absolute atomic E-state index is 0.0580. The molecule has 0 aliphatic carbocycles. The van der Waals surface area contributed by atoms with Crippen LogP contribution in [0.1, 0.15) is 10.4 Å². The van der Waals surface area contributed by atoms with E-state index in [1.54, 1.807) is 30.3 Å². The number of thioether (sulfide) groups is 1. The molecule has 1 aromatic carbocycles. The molecule has 0 saturated carbocycles. The van der Waals surface area contributed by atoms with Gasteiger partial charge in [-0.05, 0) is 0 Å². The Morgan fingerprint density at radius 1 is 1.22 bits per heavy atom. The van der Waals surface area contributed by atoms with Gasteiger partial charge in [-0.15, -0.1) is 0 Å². The SMILES string of the molecule is CN(CC(=O)O)C(=O)CSC(=O)c1ccccc1. The summed E-state index contributed by atoms with van der Waals surface area (Å²) in [6, 6.07) is 8.62. The molecule has 1 rings (SSSR count). The van der Waals surface area contributed by atoms with Gasteiger partial charge in [0.2, 0.25) is 11.0 Å². The normalized spacial score (nSPS) is 9.83. The van der Waals surface area contributed by atoms with Crippen molar-refractivity contribution in [3.05, 3.63) is 35.9 Å². The molecule has 0 aliphatic heterocycles. The van der Waals surface area contributed by atoms with Crippen molar-refractivity contribution >= 4 is 28.8 Å². The second-order valence-electron chi connectivity index (χ2n) is 3.59. The molecule has 0 saturated heterocycles. The fourth-order valence-electron chi connectivity index (χ4n) is 1.19. The summed E-state index contributed by atoms with van der Waals surface area (Å²) in [6.45, 7) is -0.362. The average Bonchev–Trinajstić information content (AvgIpc) is 2.35. The Labute approximate surface area is 109 Å². The number of amides is 1. The van der Waals surface area contributed by atoms with Gasteiger partial charge in [-0.1, -0.05) is 42.1 Å². The summed E-state index contributed by atoms with van der Waals surface area (Å²) in [4.78, 5) is 34.7. The van der Waals surface area contributed by atoms with Gasteiger partial charge in [0.25, 0.3) is 0 Å². The van der Waals surface area contributed by atoms with Crippen LogP contribution in [-0.2, 0) is 9.59 Å². The number of rotatable bonds is 5. The number of benzene rings is 1. The fraction of sp³-hybridized carbons (Fsp3) is 0.250. The van der Waals surface area contributed by atoms with Crippen molar-refractivity contribution in [3.63, 3.8) is 0 Å². The summed E-state index contributed by atoms with van der Waals surface area (Å²) in [5.74, 6) is -1.52. The topological polar surface area (TPSA) is 74.7 Å². The van der Waals surface area contributed by atoms with Crippen molar-refractivity contribution in [2.45, 2.75) is 0 Å². The first-order valence-electron chi connectivity index (χ1n) is 5.18. The van der Waals surface area contributed by atoms with Gasteiger partial charge < -0.3 is 10.0 Å². The summed E-state index contributed by atoms with van der Waals surface area (Å²) >= 11 is 0.870. The second kappa shape index (κ2) is 6.80. The average molecular weight is 267 g/mol. The van der Waals surface area contributed by atoms with Crippen LogP contribution >= 0.6 is 11.8 Å². The van der Waals surface area contributed by atoms with Gasteiger partial charge in [0.1, 0.15) is 6.54 Å². The van der Waals surface area contributed by atoms with E-state index >= 15 is 0 Å². The first-order chi connectivity index (χ1) is 8.50. The van der Waals surface area contributed by atoms with E-state index in [0.717, 1.165) is 16.7 Å². The molecule has 0 aliphatic rings. The summed E-state index contributed by atoms with van der Waals surface area (Å²) in [5.41, 5.74) is 0.524. The number of likely N-dealkylation sites (N-methyl/N-ethyl adjacent to an activating group) is 1. The number of hydrogen-bond donors (Lipinski definition) is 1. The molecule has 6 heteroatoms. The number of hydrogen-bond acceptors (Lipinski definition) is 4. The Bertz CT molecular complexity index is 447. The number of carbonyl (C=O) groups excluding carboxylic acids is 2. The number of carboxylic acids is 1. The molecule has 0 fully saturated rings. The maximum Gasteiger partial charge on any atom is 0.323 e. The van der Waals surface area contributed by atoms with Gasteiger partial charge in [-0.25, -0.2) is 0 Å². The Hall–Kier alpha value is -1.82. The van der Waals surface area contributed by atoms with Crippen LogP contribution in [-0.4, -0.2) is 46.3 Å². The van der Waals surface area contributed by atoms with Crippen LogP contribution in [0.3, 0.4) is 0 Å². The first-order valence-corrected chi connectivity index (χ1v) is 6.17. The van der Waals surface area contributed by atoms with Crippen LogP contribution < -0.4 is 0 Å². The molecule has 1 aromatic rings. The molecule has 0 atom stereocenters. The molecule has 0 heterocycles. The largest absolute Gasteiger partial charge is 0.480 e. The molecule has 96 valence electrons. The number of carbonyl (C=O) groups is 3. The van der Waals surface area contributed by atoms with E-state index in [2.05, 4.69) is 0 Å². The maximum absolute atomic E-state index is 11.7. The molecule has 1 amide bonds.